The average Bonchev–Trinajstić information content (AvgIpc) is 2.13. The molecule has 0 atom stereocenters. The van der Waals surface area contributed by atoms with Crippen molar-refractivity contribution in [2.45, 2.75) is 59.7 Å². The molecule has 0 aliphatic heterocycles. The Kier molecular flexibility index (Phi) is 4.46. The Morgan fingerprint density at radius 1 is 1.35 bits per heavy atom. The van der Waals surface area contributed by atoms with E-state index >= 15 is 0 Å². The third-order valence-corrected chi connectivity index (χ3v) is 2.05. The first-order valence-corrected chi connectivity index (χ1v) is 6.03. The van der Waals surface area contributed by atoms with E-state index in [9.17, 15) is 0 Å². The van der Waals surface area contributed by atoms with Crippen molar-refractivity contribution in [2.24, 2.45) is 0 Å². The van der Waals surface area contributed by atoms with Crippen molar-refractivity contribution in [1.29, 1.82) is 0 Å². The lowest BCUT2D eigenvalue weighted by molar-refractivity contribution is 0.121. The zero-order chi connectivity index (χ0) is 13.1. The molecule has 0 bridgehead atoms. The fraction of sp³-hybridized carbons (Fsp3) is 0.692. The van der Waals surface area contributed by atoms with Crippen molar-refractivity contribution in [2.75, 3.05) is 0 Å². The topological polar surface area (TPSA) is 47.0 Å². The number of ether oxygens (including phenoxy) is 1. The number of hydrogen-bond acceptors (Lipinski definition) is 4. The SMILES string of the molecule is Cc1ncc(CNC(C)C)c(OC(C)(C)C)n1. The zero-order valence-electron chi connectivity index (χ0n) is 11.7. The van der Waals surface area contributed by atoms with Crippen LogP contribution in [-0.2, 0) is 6.54 Å². The van der Waals surface area contributed by atoms with Gasteiger partial charge in [0.05, 0.1) is 0 Å². The second-order valence-electron chi connectivity index (χ2n) is 5.50. The van der Waals surface area contributed by atoms with Crippen LogP contribution >= 0.6 is 0 Å². The number of hydrogen-bond donors (Lipinski definition) is 1. The molecule has 4 nitrogen and oxygen atoms in total. The molecular formula is C13H23N3O. The summed E-state index contributed by atoms with van der Waals surface area (Å²) in [6.45, 7) is 12.9. The first-order chi connectivity index (χ1) is 7.78. The molecule has 1 heterocycles. The van der Waals surface area contributed by atoms with E-state index in [0.717, 1.165) is 17.9 Å². The fourth-order valence-electron chi connectivity index (χ4n) is 1.29. The first-order valence-electron chi connectivity index (χ1n) is 6.03. The molecule has 1 aromatic heterocycles. The van der Waals surface area contributed by atoms with Crippen LogP contribution < -0.4 is 10.1 Å². The summed E-state index contributed by atoms with van der Waals surface area (Å²) < 4.78 is 5.85. The first kappa shape index (κ1) is 13.9. The molecule has 0 amide bonds. The minimum atomic E-state index is -0.243. The van der Waals surface area contributed by atoms with Crippen LogP contribution in [0.3, 0.4) is 0 Å². The maximum Gasteiger partial charge on any atom is 0.221 e. The van der Waals surface area contributed by atoms with Crippen LogP contribution in [-0.4, -0.2) is 21.6 Å². The largest absolute Gasteiger partial charge is 0.472 e. The molecule has 0 saturated carbocycles. The second kappa shape index (κ2) is 5.45. The van der Waals surface area contributed by atoms with Gasteiger partial charge >= 0.3 is 0 Å². The fourth-order valence-corrected chi connectivity index (χ4v) is 1.29. The molecule has 0 aliphatic carbocycles. The van der Waals surface area contributed by atoms with Crippen molar-refractivity contribution >= 4 is 0 Å². The lowest BCUT2D eigenvalue weighted by Gasteiger charge is -2.22. The van der Waals surface area contributed by atoms with E-state index in [2.05, 4.69) is 29.1 Å². The molecule has 0 saturated heterocycles. The van der Waals surface area contributed by atoms with Gasteiger partial charge in [-0.2, -0.15) is 4.98 Å². The van der Waals surface area contributed by atoms with Gasteiger partial charge < -0.3 is 10.1 Å². The molecule has 1 N–H and O–H groups in total. The van der Waals surface area contributed by atoms with Crippen LogP contribution in [0.15, 0.2) is 6.20 Å². The monoisotopic (exact) mass is 237 g/mol. The van der Waals surface area contributed by atoms with E-state index < -0.39 is 0 Å². The Balaban J connectivity index is 2.88. The van der Waals surface area contributed by atoms with Crippen molar-refractivity contribution in [1.82, 2.24) is 15.3 Å². The molecule has 0 aromatic carbocycles. The normalized spacial score (nSPS) is 11.9. The third kappa shape index (κ3) is 5.13. The van der Waals surface area contributed by atoms with Crippen molar-refractivity contribution in [3.63, 3.8) is 0 Å². The summed E-state index contributed by atoms with van der Waals surface area (Å²) in [5, 5.41) is 3.35. The highest BCUT2D eigenvalue weighted by Gasteiger charge is 2.16. The minimum absolute atomic E-state index is 0.243. The van der Waals surface area contributed by atoms with Crippen LogP contribution in [0.5, 0.6) is 5.88 Å². The third-order valence-electron chi connectivity index (χ3n) is 2.05. The molecule has 1 aromatic rings. The molecule has 17 heavy (non-hydrogen) atoms. The number of aryl methyl sites for hydroxylation is 1. The molecule has 96 valence electrons. The van der Waals surface area contributed by atoms with Gasteiger partial charge in [-0.05, 0) is 27.7 Å². The molecule has 0 fully saturated rings. The van der Waals surface area contributed by atoms with Crippen LogP contribution in [0.4, 0.5) is 0 Å². The van der Waals surface area contributed by atoms with Crippen molar-refractivity contribution in [3.8, 4) is 5.88 Å². The molecule has 1 rings (SSSR count). The molecule has 0 spiro atoms. The lowest BCUT2D eigenvalue weighted by Crippen LogP contribution is -2.27. The van der Waals surface area contributed by atoms with Gasteiger partial charge in [-0.15, -0.1) is 0 Å². The van der Waals surface area contributed by atoms with Gasteiger partial charge in [0.25, 0.3) is 0 Å². The van der Waals surface area contributed by atoms with Gasteiger partial charge in [-0.1, -0.05) is 13.8 Å². The van der Waals surface area contributed by atoms with Gasteiger partial charge in [0.15, 0.2) is 0 Å². The summed E-state index contributed by atoms with van der Waals surface area (Å²) in [5.41, 5.74) is 0.757. The standard InChI is InChI=1S/C13H23N3O/c1-9(2)14-7-11-8-15-10(3)16-12(11)17-13(4,5)6/h8-9,14H,7H2,1-6H3. The van der Waals surface area contributed by atoms with Crippen LogP contribution in [0.25, 0.3) is 0 Å². The highest BCUT2D eigenvalue weighted by molar-refractivity contribution is 5.24. The Labute approximate surface area is 104 Å². The van der Waals surface area contributed by atoms with E-state index in [1.165, 1.54) is 0 Å². The van der Waals surface area contributed by atoms with E-state index in [1.54, 1.807) is 0 Å². The van der Waals surface area contributed by atoms with Gasteiger partial charge in [0.2, 0.25) is 5.88 Å². The van der Waals surface area contributed by atoms with E-state index in [-0.39, 0.29) is 5.60 Å². The highest BCUT2D eigenvalue weighted by atomic mass is 16.5. The minimum Gasteiger partial charge on any atom is -0.472 e. The van der Waals surface area contributed by atoms with Crippen molar-refractivity contribution < 1.29 is 4.74 Å². The lowest BCUT2D eigenvalue weighted by atomic mass is 10.2. The Bertz CT molecular complexity index is 369. The zero-order valence-corrected chi connectivity index (χ0v) is 11.7. The molecule has 0 radical (unpaired) electrons. The number of rotatable bonds is 4. The quantitative estimate of drug-likeness (QED) is 0.874. The second-order valence-corrected chi connectivity index (χ2v) is 5.50. The van der Waals surface area contributed by atoms with Gasteiger partial charge in [-0.25, -0.2) is 4.98 Å². The molecule has 0 unspecified atom stereocenters. The van der Waals surface area contributed by atoms with E-state index in [0.29, 0.717) is 11.9 Å². The highest BCUT2D eigenvalue weighted by Crippen LogP contribution is 2.20. The summed E-state index contributed by atoms with van der Waals surface area (Å²) in [6, 6.07) is 0.429. The molecule has 0 aliphatic rings. The summed E-state index contributed by atoms with van der Waals surface area (Å²) in [5.74, 6) is 1.41. The van der Waals surface area contributed by atoms with Gasteiger partial charge in [0.1, 0.15) is 11.4 Å². The number of aromatic nitrogens is 2. The Hall–Kier alpha value is -1.16. The molecule has 4 heteroatoms. The number of nitrogens with one attached hydrogen (secondary N) is 1. The Morgan fingerprint density at radius 2 is 2.00 bits per heavy atom. The summed E-state index contributed by atoms with van der Waals surface area (Å²) in [6.07, 6.45) is 1.83. The van der Waals surface area contributed by atoms with E-state index in [1.807, 2.05) is 33.9 Å². The molecular weight excluding hydrogens is 214 g/mol. The maximum absolute atomic E-state index is 5.85. The smallest absolute Gasteiger partial charge is 0.221 e. The van der Waals surface area contributed by atoms with Crippen LogP contribution in [0, 0.1) is 6.92 Å². The van der Waals surface area contributed by atoms with E-state index in [4.69, 9.17) is 4.74 Å². The summed E-state index contributed by atoms with van der Waals surface area (Å²) in [7, 11) is 0. The predicted octanol–water partition coefficient (Wildman–Crippen LogP) is 2.46. The number of nitrogens with zero attached hydrogens (tertiary/aromatic N) is 2. The predicted molar refractivity (Wildman–Crippen MR) is 69.1 cm³/mol. The van der Waals surface area contributed by atoms with Gasteiger partial charge in [0, 0.05) is 24.3 Å². The summed E-state index contributed by atoms with van der Waals surface area (Å²) >= 11 is 0. The Morgan fingerprint density at radius 3 is 2.53 bits per heavy atom. The van der Waals surface area contributed by atoms with Crippen molar-refractivity contribution in [3.05, 3.63) is 17.6 Å². The van der Waals surface area contributed by atoms with Crippen LogP contribution in [0.2, 0.25) is 0 Å². The summed E-state index contributed by atoms with van der Waals surface area (Å²) in [4.78, 5) is 8.58. The average molecular weight is 237 g/mol. The maximum atomic E-state index is 5.85. The van der Waals surface area contributed by atoms with Gasteiger partial charge in [-0.3, -0.25) is 0 Å². The van der Waals surface area contributed by atoms with Crippen LogP contribution in [0.1, 0.15) is 46.0 Å².